The molecule has 0 saturated heterocycles. The average Bonchev–Trinajstić information content (AvgIpc) is 2.38. The van der Waals surface area contributed by atoms with E-state index in [0.29, 0.717) is 13.1 Å². The molecular formula is C13H16INO3. The first-order chi connectivity index (χ1) is 8.72. The van der Waals surface area contributed by atoms with Crippen molar-refractivity contribution in [3.8, 4) is 5.75 Å². The lowest BCUT2D eigenvalue weighted by Gasteiger charge is -2.27. The molecule has 1 aliphatic heterocycles. The maximum absolute atomic E-state index is 11.0. The number of halogens is 1. The Morgan fingerprint density at radius 1 is 1.50 bits per heavy atom. The summed E-state index contributed by atoms with van der Waals surface area (Å²) < 4.78 is 6.85. The smallest absolute Gasteiger partial charge is 0.407 e. The monoisotopic (exact) mass is 361 g/mol. The fourth-order valence-corrected chi connectivity index (χ4v) is 2.42. The second-order valence-electron chi connectivity index (χ2n) is 4.24. The standard InChI is InChI=1S/C13H16INO3/c14-6-2-8-18-12-4-1-3-10-9-15(13(16)17)7-5-11(10)12/h1,3-4H,2,5-9H2,(H,16,17). The van der Waals surface area contributed by atoms with Gasteiger partial charge in [-0.3, -0.25) is 0 Å². The summed E-state index contributed by atoms with van der Waals surface area (Å²) in [4.78, 5) is 12.4. The lowest BCUT2D eigenvalue weighted by molar-refractivity contribution is 0.139. The van der Waals surface area contributed by atoms with Gasteiger partial charge in [-0.2, -0.15) is 0 Å². The molecule has 2 rings (SSSR count). The van der Waals surface area contributed by atoms with Crippen molar-refractivity contribution in [3.05, 3.63) is 29.3 Å². The van der Waals surface area contributed by atoms with E-state index in [-0.39, 0.29) is 0 Å². The molecule has 18 heavy (non-hydrogen) atoms. The summed E-state index contributed by atoms with van der Waals surface area (Å²) >= 11 is 2.33. The summed E-state index contributed by atoms with van der Waals surface area (Å²) in [6, 6.07) is 5.89. The molecule has 0 saturated carbocycles. The number of hydrogen-bond donors (Lipinski definition) is 1. The summed E-state index contributed by atoms with van der Waals surface area (Å²) in [5, 5.41) is 9.00. The van der Waals surface area contributed by atoms with Crippen molar-refractivity contribution in [3.63, 3.8) is 0 Å². The lowest BCUT2D eigenvalue weighted by atomic mass is 9.99. The molecule has 1 heterocycles. The highest BCUT2D eigenvalue weighted by atomic mass is 127. The fourth-order valence-electron chi connectivity index (χ4n) is 2.11. The van der Waals surface area contributed by atoms with Gasteiger partial charge in [-0.25, -0.2) is 4.79 Å². The van der Waals surface area contributed by atoms with Crippen molar-refractivity contribution in [2.24, 2.45) is 0 Å². The SMILES string of the molecule is O=C(O)N1CCc2c(cccc2OCCCI)C1. The molecule has 98 valence electrons. The van der Waals surface area contributed by atoms with Crippen LogP contribution >= 0.6 is 22.6 Å². The molecule has 1 amide bonds. The Balaban J connectivity index is 2.11. The summed E-state index contributed by atoms with van der Waals surface area (Å²) in [6.45, 7) is 1.74. The van der Waals surface area contributed by atoms with E-state index < -0.39 is 6.09 Å². The highest BCUT2D eigenvalue weighted by molar-refractivity contribution is 14.1. The van der Waals surface area contributed by atoms with E-state index in [1.807, 2.05) is 18.2 Å². The molecule has 0 spiro atoms. The Hall–Kier alpha value is -0.980. The number of fused-ring (bicyclic) bond motifs is 1. The third-order valence-corrected chi connectivity index (χ3v) is 3.79. The average molecular weight is 361 g/mol. The minimum Gasteiger partial charge on any atom is -0.493 e. The normalized spacial score (nSPS) is 14.2. The molecule has 0 aliphatic carbocycles. The van der Waals surface area contributed by atoms with Gasteiger partial charge in [-0.15, -0.1) is 0 Å². The number of rotatable bonds is 4. The number of ether oxygens (including phenoxy) is 1. The van der Waals surface area contributed by atoms with E-state index in [0.717, 1.165) is 35.2 Å². The van der Waals surface area contributed by atoms with Crippen LogP contribution in [0.1, 0.15) is 17.5 Å². The van der Waals surface area contributed by atoms with E-state index >= 15 is 0 Å². The number of carbonyl (C=O) groups is 1. The molecule has 0 unspecified atom stereocenters. The molecule has 0 radical (unpaired) electrons. The zero-order valence-corrected chi connectivity index (χ0v) is 12.2. The van der Waals surface area contributed by atoms with Gasteiger partial charge >= 0.3 is 6.09 Å². The van der Waals surface area contributed by atoms with Gasteiger partial charge in [0.05, 0.1) is 6.61 Å². The summed E-state index contributed by atoms with van der Waals surface area (Å²) in [6.07, 6.45) is 0.921. The van der Waals surface area contributed by atoms with Crippen molar-refractivity contribution in [2.45, 2.75) is 19.4 Å². The predicted molar refractivity (Wildman–Crippen MR) is 77.6 cm³/mol. The summed E-state index contributed by atoms with van der Waals surface area (Å²) in [7, 11) is 0. The van der Waals surface area contributed by atoms with Crippen molar-refractivity contribution in [1.82, 2.24) is 4.90 Å². The van der Waals surface area contributed by atoms with Gasteiger partial charge < -0.3 is 14.7 Å². The highest BCUT2D eigenvalue weighted by Gasteiger charge is 2.22. The maximum atomic E-state index is 11.0. The Bertz CT molecular complexity index is 436. The van der Waals surface area contributed by atoms with Gasteiger partial charge in [0.2, 0.25) is 0 Å². The van der Waals surface area contributed by atoms with E-state index in [2.05, 4.69) is 22.6 Å². The molecular weight excluding hydrogens is 345 g/mol. The van der Waals surface area contributed by atoms with E-state index in [4.69, 9.17) is 9.84 Å². The van der Waals surface area contributed by atoms with Gasteiger partial charge in [-0.05, 0) is 24.5 Å². The van der Waals surface area contributed by atoms with Crippen LogP contribution in [-0.2, 0) is 13.0 Å². The molecule has 0 bridgehead atoms. The van der Waals surface area contributed by atoms with Crippen molar-refractivity contribution < 1.29 is 14.6 Å². The molecule has 4 nitrogen and oxygen atoms in total. The topological polar surface area (TPSA) is 49.8 Å². The van der Waals surface area contributed by atoms with Crippen molar-refractivity contribution in [2.75, 3.05) is 17.6 Å². The molecule has 1 aromatic carbocycles. The first-order valence-electron chi connectivity index (χ1n) is 5.99. The van der Waals surface area contributed by atoms with Crippen LogP contribution < -0.4 is 4.74 Å². The Morgan fingerprint density at radius 3 is 3.06 bits per heavy atom. The van der Waals surface area contributed by atoms with Gasteiger partial charge in [0, 0.05) is 23.1 Å². The highest BCUT2D eigenvalue weighted by Crippen LogP contribution is 2.28. The number of hydrogen-bond acceptors (Lipinski definition) is 2. The maximum Gasteiger partial charge on any atom is 0.407 e. The number of alkyl halides is 1. The number of amides is 1. The van der Waals surface area contributed by atoms with Gasteiger partial charge in [0.25, 0.3) is 0 Å². The van der Waals surface area contributed by atoms with Crippen molar-refractivity contribution >= 4 is 28.7 Å². The second-order valence-corrected chi connectivity index (χ2v) is 5.32. The number of carboxylic acid groups (broad SMARTS) is 1. The number of benzene rings is 1. The van der Waals surface area contributed by atoms with E-state index in [1.54, 1.807) is 0 Å². The summed E-state index contributed by atoms with van der Waals surface area (Å²) in [5.41, 5.74) is 2.24. The molecule has 0 aromatic heterocycles. The Labute approximate surface area is 120 Å². The molecule has 1 N–H and O–H groups in total. The molecule has 0 atom stereocenters. The first kappa shape index (κ1) is 13.5. The van der Waals surface area contributed by atoms with E-state index in [1.165, 1.54) is 10.5 Å². The predicted octanol–water partition coefficient (Wildman–Crippen LogP) is 2.93. The molecule has 0 fully saturated rings. The van der Waals surface area contributed by atoms with Crippen LogP contribution in [0.4, 0.5) is 4.79 Å². The summed E-state index contributed by atoms with van der Waals surface area (Å²) in [5.74, 6) is 0.919. The van der Waals surface area contributed by atoms with Crippen LogP contribution in [0.2, 0.25) is 0 Å². The largest absolute Gasteiger partial charge is 0.493 e. The van der Waals surface area contributed by atoms with Crippen LogP contribution in [0.15, 0.2) is 18.2 Å². The Kier molecular flexibility index (Phi) is 4.68. The minimum absolute atomic E-state index is 0.466. The van der Waals surface area contributed by atoms with Crippen LogP contribution in [0, 0.1) is 0 Å². The van der Waals surface area contributed by atoms with Crippen LogP contribution in [0.5, 0.6) is 5.75 Å². The van der Waals surface area contributed by atoms with Gasteiger partial charge in [0.1, 0.15) is 5.75 Å². The molecule has 1 aromatic rings. The fraction of sp³-hybridized carbons (Fsp3) is 0.462. The first-order valence-corrected chi connectivity index (χ1v) is 7.52. The zero-order chi connectivity index (χ0) is 13.0. The molecule has 1 aliphatic rings. The number of nitrogens with zero attached hydrogens (tertiary/aromatic N) is 1. The van der Waals surface area contributed by atoms with Crippen molar-refractivity contribution in [1.29, 1.82) is 0 Å². The van der Waals surface area contributed by atoms with Crippen LogP contribution in [-0.4, -0.2) is 33.7 Å². The third kappa shape index (κ3) is 3.07. The third-order valence-electron chi connectivity index (χ3n) is 3.03. The van der Waals surface area contributed by atoms with Gasteiger partial charge in [0.15, 0.2) is 0 Å². The Morgan fingerprint density at radius 2 is 2.33 bits per heavy atom. The van der Waals surface area contributed by atoms with Gasteiger partial charge in [-0.1, -0.05) is 34.7 Å². The zero-order valence-electron chi connectivity index (χ0n) is 10.1. The second kappa shape index (κ2) is 6.26. The van der Waals surface area contributed by atoms with E-state index in [9.17, 15) is 4.79 Å². The minimum atomic E-state index is -0.850. The van der Waals surface area contributed by atoms with Crippen LogP contribution in [0.25, 0.3) is 0 Å². The lowest BCUT2D eigenvalue weighted by Crippen LogP contribution is -2.34. The molecule has 5 heteroatoms. The van der Waals surface area contributed by atoms with Crippen LogP contribution in [0.3, 0.4) is 0 Å². The quantitative estimate of drug-likeness (QED) is 0.510.